The van der Waals surface area contributed by atoms with Gasteiger partial charge in [-0.15, -0.1) is 0 Å². The van der Waals surface area contributed by atoms with E-state index in [1.807, 2.05) is 0 Å². The molecular formula is C19H17N5O2. The van der Waals surface area contributed by atoms with Crippen LogP contribution in [0.1, 0.15) is 25.0 Å². The van der Waals surface area contributed by atoms with Crippen molar-refractivity contribution in [1.82, 2.24) is 15.0 Å². The Bertz CT molecular complexity index is 1070. The minimum absolute atomic E-state index is 0.391. The molecule has 2 heterocycles. The number of hydrogen-bond donors (Lipinski definition) is 3. The number of carbonyl (C=O) groups is 1. The fourth-order valence-corrected chi connectivity index (χ4v) is 2.63. The Morgan fingerprint density at radius 3 is 2.85 bits per heavy atom. The highest BCUT2D eigenvalue weighted by molar-refractivity contribution is 5.93. The molecule has 0 aliphatic rings. The predicted octanol–water partition coefficient (Wildman–Crippen LogP) is 2.90. The van der Waals surface area contributed by atoms with Gasteiger partial charge in [-0.25, -0.2) is 14.8 Å². The molecule has 26 heavy (non-hydrogen) atoms. The number of H-pyrrole nitrogens is 1. The summed E-state index contributed by atoms with van der Waals surface area (Å²) in [5, 5.41) is 10.3. The molecule has 1 amide bonds. The van der Waals surface area contributed by atoms with Crippen molar-refractivity contribution in [2.75, 3.05) is 0 Å². The van der Waals surface area contributed by atoms with E-state index in [9.17, 15) is 9.90 Å². The first-order valence-electron chi connectivity index (χ1n) is 7.86. The van der Waals surface area contributed by atoms with Crippen molar-refractivity contribution in [3.63, 3.8) is 0 Å². The van der Waals surface area contributed by atoms with E-state index in [2.05, 4.69) is 19.8 Å². The van der Waals surface area contributed by atoms with E-state index in [1.54, 1.807) is 50.5 Å². The van der Waals surface area contributed by atoms with Gasteiger partial charge in [0.1, 0.15) is 5.52 Å². The second kappa shape index (κ2) is 6.43. The number of primary amides is 1. The second-order valence-corrected chi connectivity index (χ2v) is 6.33. The number of nitrogens with one attached hydrogen (secondary N) is 1. The molecule has 0 fully saturated rings. The summed E-state index contributed by atoms with van der Waals surface area (Å²) in [5.41, 5.74) is 8.09. The van der Waals surface area contributed by atoms with Gasteiger partial charge in [0.05, 0.1) is 24.1 Å². The van der Waals surface area contributed by atoms with Crippen molar-refractivity contribution in [2.24, 2.45) is 5.73 Å². The van der Waals surface area contributed by atoms with E-state index in [1.165, 1.54) is 6.08 Å². The summed E-state index contributed by atoms with van der Waals surface area (Å²) in [5.74, 6) is -0.548. The average Bonchev–Trinajstić information content (AvgIpc) is 3.00. The molecule has 0 spiro atoms. The number of fused-ring (bicyclic) bond motifs is 1. The minimum atomic E-state index is -1.16. The monoisotopic (exact) mass is 347 g/mol. The molecule has 0 aliphatic carbocycles. The first-order chi connectivity index (χ1) is 12.3. The zero-order valence-electron chi connectivity index (χ0n) is 14.3. The number of nitrogens with two attached hydrogens (primary N) is 1. The lowest BCUT2D eigenvalue weighted by atomic mass is 9.94. The SMILES string of the molecule is [C-]#[N+]c1ccc(-c2cnc3[nH]cc(/C=C/C(N)=O)c3n2)cc1C(C)(C)O. The quantitative estimate of drug-likeness (QED) is 0.498. The fraction of sp³-hybridized carbons (Fsp3) is 0.158. The summed E-state index contributed by atoms with van der Waals surface area (Å²) >= 11 is 0. The first-order valence-corrected chi connectivity index (χ1v) is 7.86. The van der Waals surface area contributed by atoms with Gasteiger partial charge < -0.3 is 15.8 Å². The van der Waals surface area contributed by atoms with Crippen LogP contribution in [0.3, 0.4) is 0 Å². The topological polar surface area (TPSA) is 109 Å². The van der Waals surface area contributed by atoms with E-state index in [0.717, 1.165) is 5.56 Å². The maximum absolute atomic E-state index is 11.0. The minimum Gasteiger partial charge on any atom is -0.387 e. The largest absolute Gasteiger partial charge is 0.387 e. The summed E-state index contributed by atoms with van der Waals surface area (Å²) in [4.78, 5) is 26.4. The maximum Gasteiger partial charge on any atom is 0.241 e. The van der Waals surface area contributed by atoms with E-state index < -0.39 is 11.5 Å². The lowest BCUT2D eigenvalue weighted by Gasteiger charge is -2.20. The molecule has 4 N–H and O–H groups in total. The van der Waals surface area contributed by atoms with Crippen LogP contribution in [0.15, 0.2) is 36.7 Å². The number of benzene rings is 1. The molecule has 0 radical (unpaired) electrons. The molecular weight excluding hydrogens is 330 g/mol. The van der Waals surface area contributed by atoms with Gasteiger partial charge >= 0.3 is 0 Å². The van der Waals surface area contributed by atoms with Gasteiger partial charge in [-0.3, -0.25) is 4.79 Å². The third-order valence-corrected chi connectivity index (χ3v) is 3.91. The van der Waals surface area contributed by atoms with Crippen LogP contribution in [0.25, 0.3) is 33.3 Å². The number of aromatic nitrogens is 3. The van der Waals surface area contributed by atoms with Gasteiger partial charge in [-0.1, -0.05) is 18.2 Å². The molecule has 1 aromatic carbocycles. The van der Waals surface area contributed by atoms with Crippen LogP contribution >= 0.6 is 0 Å². The standard InChI is InChI=1S/C19H17N5O2/c1-19(2,26)13-8-11(4-6-14(13)21-3)15-10-23-18-17(24-15)12(9-22-18)5-7-16(20)25/h4-10,26H,1-2H3,(H2,20,25)(H,22,23)/b7-5+. The van der Waals surface area contributed by atoms with Crippen LogP contribution in [-0.4, -0.2) is 26.0 Å². The number of aliphatic hydroxyl groups is 1. The van der Waals surface area contributed by atoms with Gasteiger partial charge in [-0.2, -0.15) is 0 Å². The Morgan fingerprint density at radius 2 is 2.19 bits per heavy atom. The van der Waals surface area contributed by atoms with Crippen molar-refractivity contribution in [1.29, 1.82) is 0 Å². The maximum atomic E-state index is 11.0. The normalized spacial score (nSPS) is 11.8. The van der Waals surface area contributed by atoms with Gasteiger partial charge in [0.25, 0.3) is 0 Å². The van der Waals surface area contributed by atoms with Gasteiger partial charge in [0.2, 0.25) is 5.91 Å². The molecule has 0 saturated heterocycles. The smallest absolute Gasteiger partial charge is 0.241 e. The van der Waals surface area contributed by atoms with Crippen molar-refractivity contribution in [3.8, 4) is 11.3 Å². The van der Waals surface area contributed by atoms with E-state index in [-0.39, 0.29) is 0 Å². The third-order valence-electron chi connectivity index (χ3n) is 3.91. The Balaban J connectivity index is 2.13. The molecule has 2 aromatic heterocycles. The molecule has 0 atom stereocenters. The number of hydrogen-bond acceptors (Lipinski definition) is 4. The Hall–Kier alpha value is -3.50. The summed E-state index contributed by atoms with van der Waals surface area (Å²) in [7, 11) is 0. The number of carbonyl (C=O) groups excluding carboxylic acids is 1. The molecule has 7 nitrogen and oxygen atoms in total. The van der Waals surface area contributed by atoms with Crippen molar-refractivity contribution < 1.29 is 9.90 Å². The molecule has 7 heteroatoms. The number of nitrogens with zero attached hydrogens (tertiary/aromatic N) is 3. The predicted molar refractivity (Wildman–Crippen MR) is 99.1 cm³/mol. The van der Waals surface area contributed by atoms with E-state index in [0.29, 0.717) is 33.7 Å². The third kappa shape index (κ3) is 3.31. The summed E-state index contributed by atoms with van der Waals surface area (Å²) in [6.45, 7) is 10.5. The molecule has 3 rings (SSSR count). The first kappa shape index (κ1) is 17.3. The number of amides is 1. The van der Waals surface area contributed by atoms with E-state index in [4.69, 9.17) is 12.3 Å². The lowest BCUT2D eigenvalue weighted by molar-refractivity contribution is -0.113. The highest BCUT2D eigenvalue weighted by Gasteiger charge is 2.21. The number of aromatic amines is 1. The molecule has 0 aliphatic heterocycles. The van der Waals surface area contributed by atoms with Gasteiger partial charge in [-0.05, 0) is 31.1 Å². The van der Waals surface area contributed by atoms with Crippen LogP contribution in [0.5, 0.6) is 0 Å². The summed E-state index contributed by atoms with van der Waals surface area (Å²) in [6, 6.07) is 5.17. The summed E-state index contributed by atoms with van der Waals surface area (Å²) < 4.78 is 0. The Kier molecular flexibility index (Phi) is 4.28. The van der Waals surface area contributed by atoms with Crippen molar-refractivity contribution >= 4 is 28.8 Å². The van der Waals surface area contributed by atoms with Crippen molar-refractivity contribution in [2.45, 2.75) is 19.4 Å². The summed E-state index contributed by atoms with van der Waals surface area (Å²) in [6.07, 6.45) is 6.14. The van der Waals surface area contributed by atoms with E-state index >= 15 is 0 Å². The second-order valence-electron chi connectivity index (χ2n) is 6.33. The molecule has 130 valence electrons. The van der Waals surface area contributed by atoms with Gasteiger partial charge in [0.15, 0.2) is 11.3 Å². The lowest BCUT2D eigenvalue weighted by Crippen LogP contribution is -2.15. The van der Waals surface area contributed by atoms with Crippen LogP contribution < -0.4 is 5.73 Å². The highest BCUT2D eigenvalue weighted by atomic mass is 16.3. The average molecular weight is 347 g/mol. The van der Waals surface area contributed by atoms with Crippen molar-refractivity contribution in [3.05, 3.63) is 59.2 Å². The molecule has 0 unspecified atom stereocenters. The zero-order chi connectivity index (χ0) is 18.9. The number of rotatable bonds is 4. The Morgan fingerprint density at radius 1 is 1.42 bits per heavy atom. The van der Waals surface area contributed by atoms with Crippen LogP contribution in [0, 0.1) is 6.57 Å². The van der Waals surface area contributed by atoms with Crippen LogP contribution in [0.2, 0.25) is 0 Å². The zero-order valence-corrected chi connectivity index (χ0v) is 14.3. The Labute approximate surface area is 150 Å². The van der Waals surface area contributed by atoms with Crippen LogP contribution in [0.4, 0.5) is 5.69 Å². The molecule has 0 saturated carbocycles. The highest BCUT2D eigenvalue weighted by Crippen LogP contribution is 2.34. The fourth-order valence-electron chi connectivity index (χ4n) is 2.63. The van der Waals surface area contributed by atoms with Gasteiger partial charge in [0, 0.05) is 17.8 Å². The van der Waals surface area contributed by atoms with Crippen LogP contribution in [-0.2, 0) is 10.4 Å². The molecule has 3 aromatic rings. The molecule has 0 bridgehead atoms.